The Kier molecular flexibility index (Phi) is 58.8. The average molecular weight is 178 g/mol. The van der Waals surface area contributed by atoms with Gasteiger partial charge in [0.05, 0.1) is 0 Å². The van der Waals surface area contributed by atoms with E-state index < -0.39 is 0 Å². The molecule has 0 heterocycles. The van der Waals surface area contributed by atoms with Crippen LogP contribution in [0.2, 0.25) is 0 Å². The van der Waals surface area contributed by atoms with Gasteiger partial charge in [-0.15, -0.1) is 0 Å². The molecule has 0 saturated carbocycles. The molecule has 0 atom stereocenters. The first-order valence-corrected chi connectivity index (χ1v) is 1.15. The third-order valence-electron chi connectivity index (χ3n) is 0. The average Bonchev–Trinajstić information content (AvgIpc) is 0.918. The molecule has 0 aliphatic heterocycles. The van der Waals surface area contributed by atoms with Crippen molar-refractivity contribution in [2.24, 2.45) is 0 Å². The van der Waals surface area contributed by atoms with Crippen LogP contribution >= 0.6 is 0 Å². The molecule has 2 heteroatoms. The van der Waals surface area contributed by atoms with Gasteiger partial charge in [0.1, 0.15) is 0 Å². The molecular formula is C3H7LiTe. The fourth-order valence-electron chi connectivity index (χ4n) is 0. The van der Waals surface area contributed by atoms with E-state index in [4.69, 9.17) is 0 Å². The number of rotatable bonds is 0. The first-order valence-electron chi connectivity index (χ1n) is 1.15. The summed E-state index contributed by atoms with van der Waals surface area (Å²) in [5, 5.41) is 0. The van der Waals surface area contributed by atoms with Crippen LogP contribution < -0.4 is 18.9 Å². The molecule has 0 aliphatic carbocycles. The van der Waals surface area contributed by atoms with Crippen LogP contribution in [0.25, 0.3) is 0 Å². The normalized spacial score (nSPS) is 3.60. The minimum atomic E-state index is 0. The Morgan fingerprint density at radius 1 is 1.20 bits per heavy atom. The van der Waals surface area contributed by atoms with Crippen molar-refractivity contribution in [3.63, 3.8) is 0 Å². The van der Waals surface area contributed by atoms with Crippen molar-refractivity contribution >= 4 is 23.7 Å². The molecule has 0 fully saturated rings. The van der Waals surface area contributed by atoms with Crippen molar-refractivity contribution in [3.05, 3.63) is 6.42 Å². The third-order valence-corrected chi connectivity index (χ3v) is 0. The van der Waals surface area contributed by atoms with Crippen molar-refractivity contribution in [1.29, 1.82) is 0 Å². The first kappa shape index (κ1) is 16.2. The second-order valence-electron chi connectivity index (χ2n) is 0.577. The van der Waals surface area contributed by atoms with Crippen LogP contribution in [0.15, 0.2) is 0 Å². The standard InChI is InChI=1S/C3H7.Li.Te/c1-3-2;;/h3H,1-2H3;;/q-1;+1;. The summed E-state index contributed by atoms with van der Waals surface area (Å²) in [5.41, 5.74) is 0. The first-order chi connectivity index (χ1) is 1.41. The predicted octanol–water partition coefficient (Wildman–Crippen LogP) is -2.15. The Labute approximate surface area is 62.6 Å². The van der Waals surface area contributed by atoms with E-state index in [0.717, 1.165) is 0 Å². The summed E-state index contributed by atoms with van der Waals surface area (Å²) in [6.45, 7) is 4.00. The zero-order chi connectivity index (χ0) is 2.71. The monoisotopic (exact) mass is 180 g/mol. The van der Waals surface area contributed by atoms with Gasteiger partial charge >= 0.3 is 18.9 Å². The van der Waals surface area contributed by atoms with Crippen LogP contribution in [0.3, 0.4) is 0 Å². The summed E-state index contributed by atoms with van der Waals surface area (Å²) in [6.07, 6.45) is 2.00. The number of hydrogen-bond acceptors (Lipinski definition) is 0. The van der Waals surface area contributed by atoms with Crippen molar-refractivity contribution in [3.8, 4) is 0 Å². The molecule has 26 valence electrons. The smallest absolute Gasteiger partial charge is 0.335 e. The molecule has 0 aromatic rings. The zero-order valence-electron chi connectivity index (χ0n) is 3.99. The number of hydrogen-bond donors (Lipinski definition) is 0. The molecule has 0 unspecified atom stereocenters. The van der Waals surface area contributed by atoms with Gasteiger partial charge < -0.3 is 6.42 Å². The van der Waals surface area contributed by atoms with Crippen molar-refractivity contribution in [2.75, 3.05) is 0 Å². The van der Waals surface area contributed by atoms with Crippen molar-refractivity contribution in [1.82, 2.24) is 0 Å². The topological polar surface area (TPSA) is 0 Å². The van der Waals surface area contributed by atoms with E-state index in [9.17, 15) is 0 Å². The van der Waals surface area contributed by atoms with E-state index in [1.54, 1.807) is 0 Å². The predicted molar refractivity (Wildman–Crippen MR) is 21.4 cm³/mol. The molecule has 2 radical (unpaired) electrons. The molecular weight excluding hydrogens is 171 g/mol. The fraction of sp³-hybridized carbons (Fsp3) is 0.667. The summed E-state index contributed by atoms with van der Waals surface area (Å²) in [4.78, 5) is 0. The molecule has 0 aromatic heterocycles. The van der Waals surface area contributed by atoms with Gasteiger partial charge in [-0.05, 0) is 0 Å². The summed E-state index contributed by atoms with van der Waals surface area (Å²) < 4.78 is 0. The molecule has 0 spiro atoms. The van der Waals surface area contributed by atoms with Crippen LogP contribution in [0.1, 0.15) is 13.8 Å². The maximum atomic E-state index is 2.00. The molecule has 0 amide bonds. The van der Waals surface area contributed by atoms with Gasteiger partial charge in [0.15, 0.2) is 0 Å². The Morgan fingerprint density at radius 3 is 1.20 bits per heavy atom. The molecule has 0 nitrogen and oxygen atoms in total. The summed E-state index contributed by atoms with van der Waals surface area (Å²) >= 11 is 0. The zero-order valence-corrected chi connectivity index (χ0v) is 6.32. The maximum absolute atomic E-state index is 2.00. The molecule has 0 aromatic carbocycles. The van der Waals surface area contributed by atoms with E-state index in [1.807, 2.05) is 20.3 Å². The van der Waals surface area contributed by atoms with Crippen LogP contribution in [-0.2, 0) is 0 Å². The molecule has 0 bridgehead atoms. The summed E-state index contributed by atoms with van der Waals surface area (Å²) in [7, 11) is 0. The van der Waals surface area contributed by atoms with Gasteiger partial charge in [-0.1, -0.05) is 0 Å². The van der Waals surface area contributed by atoms with Crippen LogP contribution in [-0.4, -0.2) is 23.7 Å². The van der Waals surface area contributed by atoms with Gasteiger partial charge in [-0.3, -0.25) is 0 Å². The Bertz CT molecular complexity index is 6.85. The van der Waals surface area contributed by atoms with Gasteiger partial charge in [0, 0.05) is 23.7 Å². The molecule has 0 aliphatic rings. The van der Waals surface area contributed by atoms with Gasteiger partial charge in [0.25, 0.3) is 0 Å². The van der Waals surface area contributed by atoms with E-state index >= 15 is 0 Å². The van der Waals surface area contributed by atoms with Gasteiger partial charge in [-0.2, -0.15) is 13.8 Å². The Balaban J connectivity index is -0.0000000200. The second kappa shape index (κ2) is 18.2. The van der Waals surface area contributed by atoms with Crippen molar-refractivity contribution in [2.45, 2.75) is 13.8 Å². The van der Waals surface area contributed by atoms with Crippen LogP contribution in [0, 0.1) is 6.42 Å². The van der Waals surface area contributed by atoms with E-state index in [-0.39, 0.29) is 42.5 Å². The van der Waals surface area contributed by atoms with Gasteiger partial charge in [-0.25, -0.2) is 0 Å². The van der Waals surface area contributed by atoms with Crippen LogP contribution in [0.4, 0.5) is 0 Å². The largest absolute Gasteiger partial charge is 1.00 e. The molecule has 5 heavy (non-hydrogen) atoms. The molecule has 0 rings (SSSR count). The van der Waals surface area contributed by atoms with Crippen LogP contribution in [0.5, 0.6) is 0 Å². The summed E-state index contributed by atoms with van der Waals surface area (Å²) in [5.74, 6) is 0. The Hall–Kier alpha value is 1.39. The quantitative estimate of drug-likeness (QED) is 0.293. The second-order valence-corrected chi connectivity index (χ2v) is 0.577. The van der Waals surface area contributed by atoms with Gasteiger partial charge in [0.2, 0.25) is 0 Å². The Morgan fingerprint density at radius 2 is 1.20 bits per heavy atom. The molecule has 0 saturated heterocycles. The minimum Gasteiger partial charge on any atom is -0.335 e. The fourth-order valence-corrected chi connectivity index (χ4v) is 0. The summed E-state index contributed by atoms with van der Waals surface area (Å²) in [6, 6.07) is 0. The molecule has 0 N–H and O–H groups in total. The SMILES string of the molecule is C[CH-]C.[Li+].[Te]. The van der Waals surface area contributed by atoms with E-state index in [2.05, 4.69) is 0 Å². The van der Waals surface area contributed by atoms with E-state index in [1.165, 1.54) is 0 Å². The third kappa shape index (κ3) is 32.1. The maximum Gasteiger partial charge on any atom is 1.00 e. The van der Waals surface area contributed by atoms with Crippen molar-refractivity contribution < 1.29 is 18.9 Å². The van der Waals surface area contributed by atoms with E-state index in [0.29, 0.717) is 0 Å². The minimum absolute atomic E-state index is 0.